The van der Waals surface area contributed by atoms with Gasteiger partial charge in [-0.15, -0.1) is 0 Å². The molecule has 0 aliphatic carbocycles. The summed E-state index contributed by atoms with van der Waals surface area (Å²) in [7, 11) is 0. The molecule has 1 heterocycles. The van der Waals surface area contributed by atoms with E-state index in [4.69, 9.17) is 27.9 Å². The standard InChI is InChI=1S/C12H9Cl2N3O3S/c1-6(20-12(19)10-5-15-21-17-10)11(18)16-9-4-7(13)2-3-8(9)14/h2-6H,1H3,(H,16,18)/t6-/m0/s1. The summed E-state index contributed by atoms with van der Waals surface area (Å²) in [5.74, 6) is -1.25. The van der Waals surface area contributed by atoms with Gasteiger partial charge in [0.15, 0.2) is 11.8 Å². The molecule has 0 bridgehead atoms. The molecule has 1 amide bonds. The molecule has 1 atom stereocenters. The summed E-state index contributed by atoms with van der Waals surface area (Å²) >= 11 is 12.6. The lowest BCUT2D eigenvalue weighted by molar-refractivity contribution is -0.123. The van der Waals surface area contributed by atoms with Crippen LogP contribution in [0.5, 0.6) is 0 Å². The third-order valence-corrected chi connectivity index (χ3v) is 3.45. The minimum Gasteiger partial charge on any atom is -0.448 e. The zero-order chi connectivity index (χ0) is 15.4. The lowest BCUT2D eigenvalue weighted by Crippen LogP contribution is -2.30. The van der Waals surface area contributed by atoms with Crippen LogP contribution in [0.25, 0.3) is 0 Å². The van der Waals surface area contributed by atoms with E-state index >= 15 is 0 Å². The van der Waals surface area contributed by atoms with Crippen LogP contribution in [0.4, 0.5) is 5.69 Å². The molecule has 110 valence electrons. The first kappa shape index (κ1) is 15.7. The highest BCUT2D eigenvalue weighted by Crippen LogP contribution is 2.25. The fraction of sp³-hybridized carbons (Fsp3) is 0.167. The zero-order valence-corrected chi connectivity index (χ0v) is 13.0. The molecule has 2 aromatic rings. The highest BCUT2D eigenvalue weighted by molar-refractivity contribution is 6.99. The number of hydrogen-bond acceptors (Lipinski definition) is 6. The summed E-state index contributed by atoms with van der Waals surface area (Å²) in [5.41, 5.74) is 0.396. The molecule has 0 spiro atoms. The van der Waals surface area contributed by atoms with Crippen molar-refractivity contribution < 1.29 is 14.3 Å². The van der Waals surface area contributed by atoms with Crippen molar-refractivity contribution in [2.24, 2.45) is 0 Å². The lowest BCUT2D eigenvalue weighted by Gasteiger charge is -2.13. The van der Waals surface area contributed by atoms with Crippen LogP contribution in [0, 0.1) is 0 Å². The second-order valence-corrected chi connectivity index (χ2v) is 5.35. The van der Waals surface area contributed by atoms with Crippen LogP contribution in [-0.4, -0.2) is 26.7 Å². The Hall–Kier alpha value is -1.70. The fourth-order valence-corrected chi connectivity index (χ4v) is 2.10. The number of amides is 1. The number of nitrogens with zero attached hydrogens (tertiary/aromatic N) is 2. The zero-order valence-electron chi connectivity index (χ0n) is 10.7. The van der Waals surface area contributed by atoms with Crippen LogP contribution in [0.1, 0.15) is 17.4 Å². The topological polar surface area (TPSA) is 81.2 Å². The molecule has 1 aromatic heterocycles. The Labute approximate surface area is 134 Å². The van der Waals surface area contributed by atoms with Crippen molar-refractivity contribution in [3.63, 3.8) is 0 Å². The molecule has 2 rings (SSSR count). The van der Waals surface area contributed by atoms with Gasteiger partial charge in [-0.3, -0.25) is 4.79 Å². The third-order valence-electron chi connectivity index (χ3n) is 2.41. The van der Waals surface area contributed by atoms with Crippen LogP contribution < -0.4 is 5.32 Å². The monoisotopic (exact) mass is 345 g/mol. The van der Waals surface area contributed by atoms with Gasteiger partial charge in [-0.25, -0.2) is 4.79 Å². The SMILES string of the molecule is C[C@H](OC(=O)c1cnsn1)C(=O)Nc1cc(Cl)ccc1Cl. The number of anilines is 1. The predicted molar refractivity (Wildman–Crippen MR) is 79.9 cm³/mol. The van der Waals surface area contributed by atoms with Gasteiger partial charge in [-0.1, -0.05) is 23.2 Å². The lowest BCUT2D eigenvalue weighted by atomic mass is 10.3. The van der Waals surface area contributed by atoms with Gasteiger partial charge >= 0.3 is 5.97 Å². The van der Waals surface area contributed by atoms with E-state index in [1.54, 1.807) is 12.1 Å². The fourth-order valence-electron chi connectivity index (χ4n) is 1.36. The van der Waals surface area contributed by atoms with Crippen LogP contribution in [0.2, 0.25) is 10.0 Å². The number of rotatable bonds is 4. The van der Waals surface area contributed by atoms with Gasteiger partial charge in [0.2, 0.25) is 0 Å². The first-order chi connectivity index (χ1) is 9.97. The molecule has 21 heavy (non-hydrogen) atoms. The van der Waals surface area contributed by atoms with E-state index in [-0.39, 0.29) is 5.69 Å². The van der Waals surface area contributed by atoms with Crippen molar-refractivity contribution in [1.82, 2.24) is 8.75 Å². The molecule has 0 saturated heterocycles. The number of hydrogen-bond donors (Lipinski definition) is 1. The van der Waals surface area contributed by atoms with Crippen LogP contribution in [0.3, 0.4) is 0 Å². The molecular formula is C12H9Cl2N3O3S. The van der Waals surface area contributed by atoms with E-state index in [0.717, 1.165) is 11.7 Å². The summed E-state index contributed by atoms with van der Waals surface area (Å²) in [6.45, 7) is 1.44. The molecule has 0 saturated carbocycles. The van der Waals surface area contributed by atoms with Crippen LogP contribution >= 0.6 is 34.9 Å². The van der Waals surface area contributed by atoms with Gasteiger partial charge in [0.05, 0.1) is 28.6 Å². The summed E-state index contributed by atoms with van der Waals surface area (Å²) in [6, 6.07) is 4.65. The van der Waals surface area contributed by atoms with Gasteiger partial charge in [-0.05, 0) is 25.1 Å². The predicted octanol–water partition coefficient (Wildman–Crippen LogP) is 3.03. The molecule has 6 nitrogen and oxygen atoms in total. The Bertz CT molecular complexity index is 664. The van der Waals surface area contributed by atoms with E-state index in [0.29, 0.717) is 15.7 Å². The molecule has 0 aliphatic rings. The highest BCUT2D eigenvalue weighted by atomic mass is 35.5. The van der Waals surface area contributed by atoms with Gasteiger partial charge < -0.3 is 10.1 Å². The van der Waals surface area contributed by atoms with Gasteiger partial charge in [0, 0.05) is 5.02 Å². The van der Waals surface area contributed by atoms with E-state index < -0.39 is 18.0 Å². The number of nitrogens with one attached hydrogen (secondary N) is 1. The maximum Gasteiger partial charge on any atom is 0.360 e. The van der Waals surface area contributed by atoms with E-state index in [1.807, 2.05) is 0 Å². The van der Waals surface area contributed by atoms with Crippen molar-refractivity contribution in [2.45, 2.75) is 13.0 Å². The number of carbonyl (C=O) groups is 2. The average molecular weight is 346 g/mol. The van der Waals surface area contributed by atoms with Crippen LogP contribution in [0.15, 0.2) is 24.4 Å². The smallest absolute Gasteiger partial charge is 0.360 e. The maximum atomic E-state index is 12.0. The molecular weight excluding hydrogens is 337 g/mol. The summed E-state index contributed by atoms with van der Waals surface area (Å²) in [6.07, 6.45) is 0.250. The van der Waals surface area contributed by atoms with Crippen molar-refractivity contribution in [3.05, 3.63) is 40.1 Å². The summed E-state index contributed by atoms with van der Waals surface area (Å²) in [4.78, 5) is 23.6. The van der Waals surface area contributed by atoms with Crippen LogP contribution in [-0.2, 0) is 9.53 Å². The minimum atomic E-state index is -1.02. The maximum absolute atomic E-state index is 12.0. The molecule has 1 N–H and O–H groups in total. The Morgan fingerprint density at radius 2 is 2.14 bits per heavy atom. The van der Waals surface area contributed by atoms with Gasteiger partial charge in [0.25, 0.3) is 5.91 Å². The molecule has 1 aromatic carbocycles. The second kappa shape index (κ2) is 6.84. The summed E-state index contributed by atoms with van der Waals surface area (Å²) < 4.78 is 12.4. The molecule has 0 radical (unpaired) electrons. The normalized spacial score (nSPS) is 11.8. The molecule has 9 heteroatoms. The number of ether oxygens (including phenoxy) is 1. The van der Waals surface area contributed by atoms with E-state index in [9.17, 15) is 9.59 Å². The first-order valence-electron chi connectivity index (χ1n) is 5.72. The van der Waals surface area contributed by atoms with Gasteiger partial charge in [-0.2, -0.15) is 8.75 Å². The van der Waals surface area contributed by atoms with E-state index in [2.05, 4.69) is 14.1 Å². The Morgan fingerprint density at radius 1 is 1.38 bits per heavy atom. The Kier molecular flexibility index (Phi) is 5.11. The van der Waals surface area contributed by atoms with Crippen molar-refractivity contribution in [2.75, 3.05) is 5.32 Å². The number of halogens is 2. The highest BCUT2D eigenvalue weighted by Gasteiger charge is 2.21. The van der Waals surface area contributed by atoms with Crippen molar-refractivity contribution >= 4 is 52.5 Å². The quantitative estimate of drug-likeness (QED) is 0.861. The summed E-state index contributed by atoms with van der Waals surface area (Å²) in [5, 5.41) is 3.29. The first-order valence-corrected chi connectivity index (χ1v) is 7.20. The molecule has 0 unspecified atom stereocenters. The Balaban J connectivity index is 1.99. The minimum absolute atomic E-state index is 0.0560. The number of benzene rings is 1. The number of esters is 1. The number of carbonyl (C=O) groups excluding carboxylic acids is 2. The second-order valence-electron chi connectivity index (χ2n) is 3.95. The third kappa shape index (κ3) is 4.13. The average Bonchev–Trinajstić information content (AvgIpc) is 2.97. The van der Waals surface area contributed by atoms with Crippen molar-refractivity contribution in [1.29, 1.82) is 0 Å². The number of aromatic nitrogens is 2. The molecule has 0 aliphatic heterocycles. The van der Waals surface area contributed by atoms with Gasteiger partial charge in [0.1, 0.15) is 0 Å². The Morgan fingerprint density at radius 3 is 2.81 bits per heavy atom. The van der Waals surface area contributed by atoms with Crippen molar-refractivity contribution in [3.8, 4) is 0 Å². The molecule has 0 fully saturated rings. The van der Waals surface area contributed by atoms with E-state index in [1.165, 1.54) is 19.2 Å². The largest absolute Gasteiger partial charge is 0.448 e.